The van der Waals surface area contributed by atoms with E-state index in [0.717, 1.165) is 38.2 Å². The minimum Gasteiger partial charge on any atom is -0.323 e. The van der Waals surface area contributed by atoms with Gasteiger partial charge in [-0.15, -0.1) is 0 Å². The van der Waals surface area contributed by atoms with Gasteiger partial charge >= 0.3 is 0 Å². The highest BCUT2D eigenvalue weighted by molar-refractivity contribution is 5.92. The Morgan fingerprint density at radius 3 is 3.25 bits per heavy atom. The third-order valence-corrected chi connectivity index (χ3v) is 2.89. The first kappa shape index (κ1) is 11.1. The first-order chi connectivity index (χ1) is 7.79. The summed E-state index contributed by atoms with van der Waals surface area (Å²) in [5.41, 5.74) is 0.789. The monoisotopic (exact) mass is 222 g/mol. The molecular weight excluding hydrogens is 204 g/mol. The SMILES string of the molecule is CCn1cc(NC(=O)C2CCCNC2)cn1. The maximum atomic E-state index is 11.9. The number of amides is 1. The van der Waals surface area contributed by atoms with Crippen LogP contribution in [0.15, 0.2) is 12.4 Å². The van der Waals surface area contributed by atoms with Crippen LogP contribution in [-0.2, 0) is 11.3 Å². The van der Waals surface area contributed by atoms with Crippen molar-refractivity contribution in [3.63, 3.8) is 0 Å². The largest absolute Gasteiger partial charge is 0.323 e. The molecule has 0 bridgehead atoms. The predicted molar refractivity (Wildman–Crippen MR) is 62.1 cm³/mol. The summed E-state index contributed by atoms with van der Waals surface area (Å²) in [6, 6.07) is 0. The Bertz CT molecular complexity index is 355. The molecule has 0 radical (unpaired) electrons. The molecule has 5 heteroatoms. The third kappa shape index (κ3) is 2.61. The van der Waals surface area contributed by atoms with Gasteiger partial charge in [-0.1, -0.05) is 0 Å². The fourth-order valence-electron chi connectivity index (χ4n) is 1.92. The zero-order valence-electron chi connectivity index (χ0n) is 9.57. The van der Waals surface area contributed by atoms with E-state index in [1.807, 2.05) is 13.1 Å². The molecule has 2 rings (SSSR count). The number of carbonyl (C=O) groups is 1. The van der Waals surface area contributed by atoms with Gasteiger partial charge in [0.1, 0.15) is 0 Å². The van der Waals surface area contributed by atoms with Gasteiger partial charge in [0.05, 0.1) is 17.8 Å². The summed E-state index contributed by atoms with van der Waals surface area (Å²) < 4.78 is 1.80. The zero-order valence-corrected chi connectivity index (χ0v) is 9.57. The number of aromatic nitrogens is 2. The highest BCUT2D eigenvalue weighted by Gasteiger charge is 2.20. The molecule has 1 aromatic rings. The van der Waals surface area contributed by atoms with Crippen molar-refractivity contribution in [2.75, 3.05) is 18.4 Å². The fraction of sp³-hybridized carbons (Fsp3) is 0.636. The van der Waals surface area contributed by atoms with Crippen LogP contribution in [0.25, 0.3) is 0 Å². The number of nitrogens with zero attached hydrogens (tertiary/aromatic N) is 2. The molecule has 0 aliphatic carbocycles. The molecule has 2 N–H and O–H groups in total. The van der Waals surface area contributed by atoms with Gasteiger partial charge in [-0.2, -0.15) is 5.10 Å². The molecule has 0 spiro atoms. The summed E-state index contributed by atoms with van der Waals surface area (Å²) in [6.07, 6.45) is 5.60. The van der Waals surface area contributed by atoms with Gasteiger partial charge in [0.2, 0.25) is 5.91 Å². The van der Waals surface area contributed by atoms with E-state index < -0.39 is 0 Å². The number of rotatable bonds is 3. The Morgan fingerprint density at radius 1 is 1.75 bits per heavy atom. The topological polar surface area (TPSA) is 59.0 Å². The molecule has 1 amide bonds. The summed E-state index contributed by atoms with van der Waals surface area (Å²) in [7, 11) is 0. The molecule has 1 aliphatic heterocycles. The van der Waals surface area contributed by atoms with Crippen molar-refractivity contribution in [3.8, 4) is 0 Å². The molecule has 1 atom stereocenters. The molecule has 16 heavy (non-hydrogen) atoms. The summed E-state index contributed by atoms with van der Waals surface area (Å²) >= 11 is 0. The van der Waals surface area contributed by atoms with Crippen LogP contribution < -0.4 is 10.6 Å². The Kier molecular flexibility index (Phi) is 3.56. The maximum Gasteiger partial charge on any atom is 0.228 e. The summed E-state index contributed by atoms with van der Waals surface area (Å²) in [5.74, 6) is 0.196. The standard InChI is InChI=1S/C11H18N4O/c1-2-15-8-10(7-13-15)14-11(16)9-4-3-5-12-6-9/h7-9,12H,2-6H2,1H3,(H,14,16). The first-order valence-corrected chi connectivity index (χ1v) is 5.83. The van der Waals surface area contributed by atoms with Gasteiger partial charge in [0.25, 0.3) is 0 Å². The van der Waals surface area contributed by atoms with Crippen molar-refractivity contribution in [2.24, 2.45) is 5.92 Å². The molecule has 0 aromatic carbocycles. The normalized spacial score (nSPS) is 20.7. The van der Waals surface area contributed by atoms with E-state index in [0.29, 0.717) is 0 Å². The van der Waals surface area contributed by atoms with Gasteiger partial charge in [-0.05, 0) is 26.3 Å². The lowest BCUT2D eigenvalue weighted by Gasteiger charge is -2.21. The number of nitrogens with one attached hydrogen (secondary N) is 2. The van der Waals surface area contributed by atoms with Crippen molar-refractivity contribution in [1.29, 1.82) is 0 Å². The molecule has 0 saturated carbocycles. The lowest BCUT2D eigenvalue weighted by molar-refractivity contribution is -0.120. The second-order valence-electron chi connectivity index (χ2n) is 4.12. The smallest absolute Gasteiger partial charge is 0.228 e. The molecule has 1 aliphatic rings. The lowest BCUT2D eigenvalue weighted by Crippen LogP contribution is -2.37. The Balaban J connectivity index is 1.90. The van der Waals surface area contributed by atoms with Crippen LogP contribution in [0.3, 0.4) is 0 Å². The van der Waals surface area contributed by atoms with Crippen LogP contribution in [-0.4, -0.2) is 28.8 Å². The van der Waals surface area contributed by atoms with Gasteiger partial charge in [0.15, 0.2) is 0 Å². The summed E-state index contributed by atoms with van der Waals surface area (Å²) in [6.45, 7) is 4.65. The van der Waals surface area contributed by atoms with Crippen LogP contribution >= 0.6 is 0 Å². The highest BCUT2D eigenvalue weighted by Crippen LogP contribution is 2.13. The second-order valence-corrected chi connectivity index (χ2v) is 4.12. The van der Waals surface area contributed by atoms with E-state index in [4.69, 9.17) is 0 Å². The number of carbonyl (C=O) groups excluding carboxylic acids is 1. The first-order valence-electron chi connectivity index (χ1n) is 5.83. The summed E-state index contributed by atoms with van der Waals surface area (Å²) in [4.78, 5) is 11.9. The number of anilines is 1. The third-order valence-electron chi connectivity index (χ3n) is 2.89. The molecule has 2 heterocycles. The van der Waals surface area contributed by atoms with E-state index in [1.54, 1.807) is 10.9 Å². The predicted octanol–water partition coefficient (Wildman–Crippen LogP) is 0.841. The molecule has 1 fully saturated rings. The molecule has 1 unspecified atom stereocenters. The van der Waals surface area contributed by atoms with E-state index >= 15 is 0 Å². The maximum absolute atomic E-state index is 11.9. The van der Waals surface area contributed by atoms with Crippen molar-refractivity contribution in [1.82, 2.24) is 15.1 Å². The van der Waals surface area contributed by atoms with Gasteiger partial charge in [0, 0.05) is 19.3 Å². The zero-order chi connectivity index (χ0) is 11.4. The number of piperidine rings is 1. The average molecular weight is 222 g/mol. The van der Waals surface area contributed by atoms with Crippen LogP contribution in [0.2, 0.25) is 0 Å². The summed E-state index contributed by atoms with van der Waals surface area (Å²) in [5, 5.41) is 10.3. The highest BCUT2D eigenvalue weighted by atomic mass is 16.1. The number of hydrogen-bond acceptors (Lipinski definition) is 3. The van der Waals surface area contributed by atoms with Crippen molar-refractivity contribution in [3.05, 3.63) is 12.4 Å². The lowest BCUT2D eigenvalue weighted by atomic mass is 9.99. The molecule has 5 nitrogen and oxygen atoms in total. The number of hydrogen-bond donors (Lipinski definition) is 2. The number of aryl methyl sites for hydroxylation is 1. The quantitative estimate of drug-likeness (QED) is 0.796. The van der Waals surface area contributed by atoms with Crippen LogP contribution in [0.4, 0.5) is 5.69 Å². The molecular formula is C11H18N4O. The fourth-order valence-corrected chi connectivity index (χ4v) is 1.92. The Morgan fingerprint density at radius 2 is 2.62 bits per heavy atom. The average Bonchev–Trinajstić information content (AvgIpc) is 2.78. The van der Waals surface area contributed by atoms with E-state index in [-0.39, 0.29) is 11.8 Å². The van der Waals surface area contributed by atoms with Crippen molar-refractivity contribution < 1.29 is 4.79 Å². The van der Waals surface area contributed by atoms with Gasteiger partial charge < -0.3 is 10.6 Å². The van der Waals surface area contributed by atoms with E-state index in [2.05, 4.69) is 15.7 Å². The molecule has 1 saturated heterocycles. The van der Waals surface area contributed by atoms with Crippen LogP contribution in [0, 0.1) is 5.92 Å². The molecule has 88 valence electrons. The second kappa shape index (κ2) is 5.12. The van der Waals surface area contributed by atoms with Crippen molar-refractivity contribution in [2.45, 2.75) is 26.3 Å². The van der Waals surface area contributed by atoms with Gasteiger partial charge in [-0.3, -0.25) is 9.48 Å². The minimum absolute atomic E-state index is 0.0960. The van der Waals surface area contributed by atoms with Gasteiger partial charge in [-0.25, -0.2) is 0 Å². The van der Waals surface area contributed by atoms with Crippen LogP contribution in [0.5, 0.6) is 0 Å². The Labute approximate surface area is 95.2 Å². The Hall–Kier alpha value is -1.36. The van der Waals surface area contributed by atoms with E-state index in [9.17, 15) is 4.79 Å². The van der Waals surface area contributed by atoms with E-state index in [1.165, 1.54) is 0 Å². The molecule has 1 aromatic heterocycles. The minimum atomic E-state index is 0.0960. The van der Waals surface area contributed by atoms with Crippen molar-refractivity contribution >= 4 is 11.6 Å². The van der Waals surface area contributed by atoms with Crippen LogP contribution in [0.1, 0.15) is 19.8 Å².